The maximum absolute atomic E-state index is 13.8. The predicted molar refractivity (Wildman–Crippen MR) is 156 cm³/mol. The number of rotatable bonds is 9. The molecule has 2 atom stereocenters. The topological polar surface area (TPSA) is 116 Å². The number of pyridine rings is 1. The van der Waals surface area contributed by atoms with Crippen LogP contribution in [0.15, 0.2) is 54.7 Å². The van der Waals surface area contributed by atoms with Crippen molar-refractivity contribution in [3.63, 3.8) is 0 Å². The van der Waals surface area contributed by atoms with Crippen molar-refractivity contribution in [2.24, 2.45) is 0 Å². The number of ether oxygens (including phenoxy) is 1. The molecule has 1 aromatic heterocycles. The van der Waals surface area contributed by atoms with E-state index in [9.17, 15) is 18.8 Å². The van der Waals surface area contributed by atoms with Crippen LogP contribution in [-0.4, -0.2) is 76.3 Å². The lowest BCUT2D eigenvalue weighted by molar-refractivity contribution is -0.132. The molecule has 216 valence electrons. The van der Waals surface area contributed by atoms with E-state index in [0.29, 0.717) is 43.9 Å². The maximum Gasteiger partial charge on any atom is 0.414 e. The van der Waals surface area contributed by atoms with Gasteiger partial charge < -0.3 is 25.2 Å². The Bertz CT molecular complexity index is 1460. The van der Waals surface area contributed by atoms with Crippen LogP contribution in [0.1, 0.15) is 18.4 Å². The number of amides is 4. The molecule has 2 aliphatic rings. The number of carbonyl (C=O) groups is 3. The molecule has 3 heterocycles. The first-order valence-electron chi connectivity index (χ1n) is 13.2. The number of aromatic nitrogens is 1. The number of likely N-dealkylation sites (N-methyl/N-ethyl adjacent to an activating group) is 1. The maximum atomic E-state index is 13.8. The Morgan fingerprint density at radius 2 is 2.07 bits per heavy atom. The lowest BCUT2D eigenvalue weighted by Crippen LogP contribution is -2.49. The van der Waals surface area contributed by atoms with Crippen LogP contribution in [0.4, 0.5) is 19.8 Å². The third-order valence-electron chi connectivity index (χ3n) is 7.18. The Morgan fingerprint density at radius 3 is 2.88 bits per heavy atom. The third-order valence-corrected chi connectivity index (χ3v) is 9.15. The minimum atomic E-state index is -0.846. The van der Waals surface area contributed by atoms with E-state index >= 15 is 0 Å². The first-order valence-corrected chi connectivity index (χ1v) is 14.5. The largest absolute Gasteiger partial charge is 0.431 e. The highest BCUT2D eigenvalue weighted by molar-refractivity contribution is 8.08. The van der Waals surface area contributed by atoms with Crippen molar-refractivity contribution >= 4 is 58.0 Å². The summed E-state index contributed by atoms with van der Waals surface area (Å²) < 4.78 is 19.6. The van der Waals surface area contributed by atoms with Crippen molar-refractivity contribution < 1.29 is 23.5 Å². The number of halogens is 2. The molecular formula is C28H30ClFN6O4S. The number of carbonyl (C=O) groups excluding carboxylic acids is 3. The third kappa shape index (κ3) is 6.66. The molecule has 3 aromatic rings. The second kappa shape index (κ2) is 12.5. The molecule has 5 rings (SSSR count). The minimum Gasteiger partial charge on any atom is -0.431 e. The van der Waals surface area contributed by atoms with Crippen molar-refractivity contribution in [2.75, 3.05) is 38.5 Å². The lowest BCUT2D eigenvalue weighted by Gasteiger charge is -2.30. The molecule has 0 aliphatic carbocycles. The zero-order valence-corrected chi connectivity index (χ0v) is 23.9. The summed E-state index contributed by atoms with van der Waals surface area (Å²) in [5.74, 6) is -0.189. The number of nitrogens with zero attached hydrogens (tertiary/aromatic N) is 3. The average Bonchev–Trinajstić information content (AvgIpc) is 3.66. The first kappa shape index (κ1) is 28.9. The molecule has 0 spiro atoms. The van der Waals surface area contributed by atoms with Crippen LogP contribution in [0.5, 0.6) is 0 Å². The monoisotopic (exact) mass is 600 g/mol. The van der Waals surface area contributed by atoms with E-state index < -0.39 is 28.2 Å². The SMILES string of the molecule is CN(C(=O)NCc1cccc(F)c1Cl)[C@@]1(CCCN2CCNCC2=O)SC1OC(=O)Nc1cc2ccccc2cn1. The average molecular weight is 601 g/mol. The number of fused-ring (bicyclic) bond motifs is 1. The van der Waals surface area contributed by atoms with Crippen LogP contribution in [0.25, 0.3) is 10.8 Å². The molecule has 2 aliphatic heterocycles. The van der Waals surface area contributed by atoms with Crippen LogP contribution in [0.2, 0.25) is 5.02 Å². The van der Waals surface area contributed by atoms with Gasteiger partial charge in [0.1, 0.15) is 16.5 Å². The second-order valence-corrected chi connectivity index (χ2v) is 11.6. The van der Waals surface area contributed by atoms with E-state index in [1.54, 1.807) is 30.3 Å². The van der Waals surface area contributed by atoms with Gasteiger partial charge in [-0.1, -0.05) is 59.8 Å². The molecule has 2 fully saturated rings. The van der Waals surface area contributed by atoms with Gasteiger partial charge in [-0.05, 0) is 35.9 Å². The molecule has 3 N–H and O–H groups in total. The zero-order chi connectivity index (χ0) is 29.0. The van der Waals surface area contributed by atoms with Gasteiger partial charge in [0, 0.05) is 44.8 Å². The van der Waals surface area contributed by atoms with Gasteiger partial charge in [0.25, 0.3) is 0 Å². The molecular weight excluding hydrogens is 571 g/mol. The molecule has 0 radical (unpaired) electrons. The molecule has 41 heavy (non-hydrogen) atoms. The fourth-order valence-corrected chi connectivity index (χ4v) is 6.24. The highest BCUT2D eigenvalue weighted by atomic mass is 35.5. The fourth-order valence-electron chi connectivity index (χ4n) is 4.78. The standard InChI is InChI=1S/C28H30ClFN6O4S/c1-35(26(38)33-16-20-8-4-9-21(30)24(20)29)28(10-5-12-36-13-11-31-17-23(36)37)25(41-28)40-27(39)34-22-14-18-6-2-3-7-19(18)15-32-22/h2-4,6-9,14-15,25,31H,5,10-13,16-17H2,1H3,(H,33,38)(H,32,34,39)/t25?,28-/m0/s1. The summed E-state index contributed by atoms with van der Waals surface area (Å²) in [4.78, 5) is 44.9. The van der Waals surface area contributed by atoms with Gasteiger partial charge in [-0.2, -0.15) is 0 Å². The van der Waals surface area contributed by atoms with Gasteiger partial charge >= 0.3 is 12.1 Å². The van der Waals surface area contributed by atoms with Crippen LogP contribution in [0.3, 0.4) is 0 Å². The summed E-state index contributed by atoms with van der Waals surface area (Å²) >= 11 is 7.38. The van der Waals surface area contributed by atoms with Gasteiger partial charge in [0.05, 0.1) is 11.6 Å². The minimum absolute atomic E-state index is 0.0232. The van der Waals surface area contributed by atoms with Crippen molar-refractivity contribution in [3.05, 3.63) is 71.1 Å². The van der Waals surface area contributed by atoms with E-state index in [0.717, 1.165) is 17.3 Å². The van der Waals surface area contributed by atoms with Gasteiger partial charge in [-0.25, -0.2) is 19.0 Å². The Labute approximate surface area is 245 Å². The van der Waals surface area contributed by atoms with Gasteiger partial charge in [-0.15, -0.1) is 0 Å². The van der Waals surface area contributed by atoms with E-state index in [1.807, 2.05) is 24.3 Å². The lowest BCUT2D eigenvalue weighted by atomic mass is 10.1. The number of nitrogens with one attached hydrogen (secondary N) is 3. The summed E-state index contributed by atoms with van der Waals surface area (Å²) in [6, 6.07) is 13.4. The van der Waals surface area contributed by atoms with Crippen molar-refractivity contribution in [3.8, 4) is 0 Å². The molecule has 0 saturated carbocycles. The number of urea groups is 1. The molecule has 2 saturated heterocycles. The van der Waals surface area contributed by atoms with Crippen molar-refractivity contribution in [2.45, 2.75) is 29.7 Å². The summed E-state index contributed by atoms with van der Waals surface area (Å²) in [6.45, 7) is 2.20. The number of thioether (sulfide) groups is 1. The molecule has 2 aromatic carbocycles. The van der Waals surface area contributed by atoms with Gasteiger partial charge in [0.2, 0.25) is 5.91 Å². The van der Waals surface area contributed by atoms with Gasteiger partial charge in [0.15, 0.2) is 5.44 Å². The number of hydrogen-bond acceptors (Lipinski definition) is 7. The summed E-state index contributed by atoms with van der Waals surface area (Å²) in [6.07, 6.45) is 2.05. The second-order valence-electron chi connectivity index (χ2n) is 9.83. The molecule has 4 amide bonds. The predicted octanol–water partition coefficient (Wildman–Crippen LogP) is 4.40. The molecule has 0 bridgehead atoms. The van der Waals surface area contributed by atoms with Crippen molar-refractivity contribution in [1.29, 1.82) is 0 Å². The van der Waals surface area contributed by atoms with Crippen LogP contribution in [-0.2, 0) is 16.1 Å². The Morgan fingerprint density at radius 1 is 1.27 bits per heavy atom. The number of piperazine rings is 1. The van der Waals surface area contributed by atoms with E-state index in [2.05, 4.69) is 20.9 Å². The van der Waals surface area contributed by atoms with Gasteiger partial charge in [-0.3, -0.25) is 10.1 Å². The highest BCUT2D eigenvalue weighted by Gasteiger charge is 2.63. The summed E-state index contributed by atoms with van der Waals surface area (Å²) in [5.41, 5.74) is -0.201. The Balaban J connectivity index is 1.24. The van der Waals surface area contributed by atoms with Crippen molar-refractivity contribution in [1.82, 2.24) is 25.4 Å². The van der Waals surface area contributed by atoms with E-state index in [-0.39, 0.29) is 17.5 Å². The number of hydrogen-bond donors (Lipinski definition) is 3. The molecule has 1 unspecified atom stereocenters. The summed E-state index contributed by atoms with van der Waals surface area (Å²) in [5, 5.41) is 10.3. The first-order chi connectivity index (χ1) is 19.8. The van der Waals surface area contributed by atoms with Crippen LogP contribution in [0, 0.1) is 5.82 Å². The number of anilines is 1. The highest BCUT2D eigenvalue weighted by Crippen LogP contribution is 2.59. The zero-order valence-electron chi connectivity index (χ0n) is 22.4. The van der Waals surface area contributed by atoms with Crippen LogP contribution >= 0.6 is 23.4 Å². The smallest absolute Gasteiger partial charge is 0.414 e. The molecule has 10 nitrogen and oxygen atoms in total. The normalized spacial score (nSPS) is 20.0. The fraction of sp³-hybridized carbons (Fsp3) is 0.357. The Kier molecular flexibility index (Phi) is 8.81. The summed E-state index contributed by atoms with van der Waals surface area (Å²) in [7, 11) is 1.62. The van der Waals surface area contributed by atoms with E-state index in [1.165, 1.54) is 28.8 Å². The van der Waals surface area contributed by atoms with E-state index in [4.69, 9.17) is 16.3 Å². The molecule has 13 heteroatoms. The number of benzene rings is 2. The van der Waals surface area contributed by atoms with Crippen LogP contribution < -0.4 is 16.0 Å². The Hall–Kier alpha value is -3.61. The quantitative estimate of drug-likeness (QED) is 0.312.